The standard InChI is InChI=1S/C10H15BO4/c1-7-4-5-9(11(12)13)10(8(7)2)15-6-14-3/h4-5,12-13H,6H2,1-3H3. The Morgan fingerprint density at radius 1 is 1.27 bits per heavy atom. The van der Waals surface area contributed by atoms with E-state index < -0.39 is 7.12 Å². The van der Waals surface area contributed by atoms with Gasteiger partial charge in [0, 0.05) is 12.6 Å². The molecule has 0 unspecified atom stereocenters. The Morgan fingerprint density at radius 3 is 2.47 bits per heavy atom. The van der Waals surface area contributed by atoms with Gasteiger partial charge in [0.25, 0.3) is 0 Å². The summed E-state index contributed by atoms with van der Waals surface area (Å²) in [6.07, 6.45) is 0. The third-order valence-corrected chi connectivity index (χ3v) is 2.31. The van der Waals surface area contributed by atoms with Gasteiger partial charge in [-0.15, -0.1) is 0 Å². The molecule has 0 atom stereocenters. The molecule has 5 heteroatoms. The van der Waals surface area contributed by atoms with E-state index in [1.165, 1.54) is 7.11 Å². The Balaban J connectivity index is 3.10. The summed E-state index contributed by atoms with van der Waals surface area (Å²) in [5.41, 5.74) is 2.28. The van der Waals surface area contributed by atoms with E-state index in [9.17, 15) is 0 Å². The van der Waals surface area contributed by atoms with E-state index in [2.05, 4.69) is 0 Å². The van der Waals surface area contributed by atoms with Crippen molar-refractivity contribution in [3.05, 3.63) is 23.3 Å². The predicted octanol–water partition coefficient (Wildman–Crippen LogP) is -0.0341. The molecule has 0 fully saturated rings. The molecule has 1 rings (SSSR count). The summed E-state index contributed by atoms with van der Waals surface area (Å²) in [6, 6.07) is 3.46. The Kier molecular flexibility index (Phi) is 4.14. The molecule has 1 aromatic rings. The summed E-state index contributed by atoms with van der Waals surface area (Å²) in [5.74, 6) is 0.479. The highest BCUT2D eigenvalue weighted by molar-refractivity contribution is 6.59. The molecule has 0 amide bonds. The Morgan fingerprint density at radius 2 is 1.93 bits per heavy atom. The lowest BCUT2D eigenvalue weighted by atomic mass is 9.78. The molecule has 82 valence electrons. The predicted molar refractivity (Wildman–Crippen MR) is 58.2 cm³/mol. The zero-order chi connectivity index (χ0) is 11.4. The van der Waals surface area contributed by atoms with E-state index in [1.54, 1.807) is 6.07 Å². The number of ether oxygens (including phenoxy) is 2. The summed E-state index contributed by atoms with van der Waals surface area (Å²) in [5, 5.41) is 18.3. The first-order valence-electron chi connectivity index (χ1n) is 4.66. The van der Waals surface area contributed by atoms with Crippen LogP contribution in [0.4, 0.5) is 0 Å². The summed E-state index contributed by atoms with van der Waals surface area (Å²) in [4.78, 5) is 0. The van der Waals surface area contributed by atoms with E-state index in [0.29, 0.717) is 11.2 Å². The van der Waals surface area contributed by atoms with Crippen molar-refractivity contribution in [2.45, 2.75) is 13.8 Å². The first-order chi connectivity index (χ1) is 7.07. The fourth-order valence-electron chi connectivity index (χ4n) is 1.32. The van der Waals surface area contributed by atoms with Gasteiger partial charge >= 0.3 is 7.12 Å². The van der Waals surface area contributed by atoms with Gasteiger partial charge in [0.2, 0.25) is 0 Å². The number of methoxy groups -OCH3 is 1. The third kappa shape index (κ3) is 2.71. The summed E-state index contributed by atoms with van der Waals surface area (Å²) >= 11 is 0. The highest BCUT2D eigenvalue weighted by Gasteiger charge is 2.19. The van der Waals surface area contributed by atoms with Gasteiger partial charge in [-0.25, -0.2) is 0 Å². The molecule has 15 heavy (non-hydrogen) atoms. The van der Waals surface area contributed by atoms with Crippen LogP contribution in [0, 0.1) is 13.8 Å². The van der Waals surface area contributed by atoms with Gasteiger partial charge < -0.3 is 19.5 Å². The van der Waals surface area contributed by atoms with E-state index >= 15 is 0 Å². The first-order valence-corrected chi connectivity index (χ1v) is 4.66. The van der Waals surface area contributed by atoms with Gasteiger partial charge in [0.15, 0.2) is 6.79 Å². The quantitative estimate of drug-likeness (QED) is 0.541. The Labute approximate surface area is 89.6 Å². The van der Waals surface area contributed by atoms with Crippen LogP contribution in [0.5, 0.6) is 5.75 Å². The zero-order valence-corrected chi connectivity index (χ0v) is 9.15. The van der Waals surface area contributed by atoms with Gasteiger partial charge in [-0.2, -0.15) is 0 Å². The van der Waals surface area contributed by atoms with E-state index in [0.717, 1.165) is 11.1 Å². The van der Waals surface area contributed by atoms with Crippen LogP contribution in [0.2, 0.25) is 0 Å². The van der Waals surface area contributed by atoms with Crippen LogP contribution in [-0.2, 0) is 4.74 Å². The van der Waals surface area contributed by atoms with Crippen molar-refractivity contribution in [1.82, 2.24) is 0 Å². The molecule has 0 saturated heterocycles. The number of hydrogen-bond donors (Lipinski definition) is 2. The van der Waals surface area contributed by atoms with E-state index in [-0.39, 0.29) is 6.79 Å². The molecule has 0 saturated carbocycles. The average molecular weight is 210 g/mol. The van der Waals surface area contributed by atoms with Crippen molar-refractivity contribution in [3.8, 4) is 5.75 Å². The lowest BCUT2D eigenvalue weighted by molar-refractivity contribution is 0.0512. The highest BCUT2D eigenvalue weighted by Crippen LogP contribution is 2.19. The molecule has 0 radical (unpaired) electrons. The molecule has 0 bridgehead atoms. The lowest BCUT2D eigenvalue weighted by Crippen LogP contribution is -2.32. The molecule has 1 aromatic carbocycles. The lowest BCUT2D eigenvalue weighted by Gasteiger charge is -2.14. The second-order valence-corrected chi connectivity index (χ2v) is 3.35. The minimum absolute atomic E-state index is 0.0873. The second-order valence-electron chi connectivity index (χ2n) is 3.35. The molecule has 0 spiro atoms. The number of hydrogen-bond acceptors (Lipinski definition) is 4. The van der Waals surface area contributed by atoms with Crippen molar-refractivity contribution < 1.29 is 19.5 Å². The fourth-order valence-corrected chi connectivity index (χ4v) is 1.32. The SMILES string of the molecule is COCOc1c(B(O)O)ccc(C)c1C. The van der Waals surface area contributed by atoms with Crippen molar-refractivity contribution in [3.63, 3.8) is 0 Å². The highest BCUT2D eigenvalue weighted by atomic mass is 16.7. The molecule has 0 heterocycles. The molecule has 0 aliphatic heterocycles. The van der Waals surface area contributed by atoms with Crippen LogP contribution in [0.1, 0.15) is 11.1 Å². The summed E-state index contributed by atoms with van der Waals surface area (Å²) in [7, 11) is -0.0173. The van der Waals surface area contributed by atoms with Crippen LogP contribution < -0.4 is 10.2 Å². The van der Waals surface area contributed by atoms with Crippen molar-refractivity contribution in [2.24, 2.45) is 0 Å². The van der Waals surface area contributed by atoms with Crippen molar-refractivity contribution >= 4 is 12.6 Å². The molecular formula is C10H15BO4. The zero-order valence-electron chi connectivity index (χ0n) is 9.15. The number of rotatable bonds is 4. The molecule has 4 nitrogen and oxygen atoms in total. The number of aryl methyl sites for hydroxylation is 1. The number of benzene rings is 1. The average Bonchev–Trinajstić information content (AvgIpc) is 2.19. The smallest absolute Gasteiger partial charge is 0.468 e. The Bertz CT molecular complexity index is 338. The molecule has 0 aromatic heterocycles. The summed E-state index contributed by atoms with van der Waals surface area (Å²) < 4.78 is 10.1. The fraction of sp³-hybridized carbons (Fsp3) is 0.400. The third-order valence-electron chi connectivity index (χ3n) is 2.31. The maximum absolute atomic E-state index is 9.15. The van der Waals surface area contributed by atoms with Crippen molar-refractivity contribution in [1.29, 1.82) is 0 Å². The van der Waals surface area contributed by atoms with Gasteiger partial charge in [-0.3, -0.25) is 0 Å². The normalized spacial score (nSPS) is 10.2. The minimum Gasteiger partial charge on any atom is -0.468 e. The first kappa shape index (κ1) is 12.0. The maximum Gasteiger partial charge on any atom is 0.492 e. The van der Waals surface area contributed by atoms with Gasteiger partial charge in [0.05, 0.1) is 0 Å². The summed E-state index contributed by atoms with van der Waals surface area (Å²) in [6.45, 7) is 3.89. The van der Waals surface area contributed by atoms with Gasteiger partial charge in [-0.1, -0.05) is 12.1 Å². The van der Waals surface area contributed by atoms with Crippen LogP contribution >= 0.6 is 0 Å². The van der Waals surface area contributed by atoms with Crippen LogP contribution in [-0.4, -0.2) is 31.1 Å². The van der Waals surface area contributed by atoms with Crippen LogP contribution in [0.25, 0.3) is 0 Å². The molecule has 0 aliphatic rings. The topological polar surface area (TPSA) is 58.9 Å². The monoisotopic (exact) mass is 210 g/mol. The molecular weight excluding hydrogens is 195 g/mol. The van der Waals surface area contributed by atoms with Crippen LogP contribution in [0.15, 0.2) is 12.1 Å². The van der Waals surface area contributed by atoms with Crippen LogP contribution in [0.3, 0.4) is 0 Å². The van der Waals surface area contributed by atoms with Gasteiger partial charge in [-0.05, 0) is 25.0 Å². The minimum atomic E-state index is -1.53. The molecule has 2 N–H and O–H groups in total. The van der Waals surface area contributed by atoms with E-state index in [4.69, 9.17) is 19.5 Å². The maximum atomic E-state index is 9.15. The van der Waals surface area contributed by atoms with Crippen molar-refractivity contribution in [2.75, 3.05) is 13.9 Å². The Hall–Kier alpha value is -1.04. The van der Waals surface area contributed by atoms with E-state index in [1.807, 2.05) is 19.9 Å². The largest absolute Gasteiger partial charge is 0.492 e. The van der Waals surface area contributed by atoms with Gasteiger partial charge in [0.1, 0.15) is 5.75 Å². The molecule has 0 aliphatic carbocycles. The second kappa shape index (κ2) is 5.16.